The normalized spacial score (nSPS) is 10.2. The summed E-state index contributed by atoms with van der Waals surface area (Å²) in [5.74, 6) is -0.176. The number of fused-ring (bicyclic) bond motifs is 1. The van der Waals surface area contributed by atoms with Crippen LogP contribution >= 0.6 is 11.3 Å². The lowest BCUT2D eigenvalue weighted by Crippen LogP contribution is -2.11. The van der Waals surface area contributed by atoms with Gasteiger partial charge in [0.15, 0.2) is 0 Å². The van der Waals surface area contributed by atoms with E-state index in [9.17, 15) is 4.79 Å². The Morgan fingerprint density at radius 2 is 2.00 bits per heavy atom. The minimum Gasteiger partial charge on any atom is -0.322 e. The summed E-state index contributed by atoms with van der Waals surface area (Å²) >= 11 is 1.50. The maximum Gasteiger partial charge on any atom is 0.255 e. The fourth-order valence-electron chi connectivity index (χ4n) is 1.83. The van der Waals surface area contributed by atoms with Crippen molar-refractivity contribution < 1.29 is 4.79 Å². The van der Waals surface area contributed by atoms with Gasteiger partial charge < -0.3 is 5.32 Å². The fourth-order valence-corrected chi connectivity index (χ4v) is 2.54. The molecule has 0 unspecified atom stereocenters. The van der Waals surface area contributed by atoms with Gasteiger partial charge in [-0.2, -0.15) is 5.26 Å². The zero-order valence-electron chi connectivity index (χ0n) is 10.3. The Bertz CT molecular complexity index is 815. The van der Waals surface area contributed by atoms with Crippen LogP contribution in [0.3, 0.4) is 0 Å². The van der Waals surface area contributed by atoms with E-state index in [1.165, 1.54) is 11.3 Å². The predicted molar refractivity (Wildman–Crippen MR) is 78.7 cm³/mol. The number of anilines is 1. The van der Waals surface area contributed by atoms with Crippen molar-refractivity contribution in [2.45, 2.75) is 0 Å². The Labute approximate surface area is 119 Å². The number of nitriles is 1. The van der Waals surface area contributed by atoms with Crippen molar-refractivity contribution in [1.82, 2.24) is 4.98 Å². The van der Waals surface area contributed by atoms with Crippen molar-refractivity contribution in [2.75, 3.05) is 5.32 Å². The van der Waals surface area contributed by atoms with Gasteiger partial charge in [0.25, 0.3) is 5.91 Å². The molecular formula is C15H9N3OS. The Balaban J connectivity index is 1.82. The molecule has 1 amide bonds. The lowest BCUT2D eigenvalue weighted by Gasteiger charge is -2.05. The molecule has 2 aromatic carbocycles. The highest BCUT2D eigenvalue weighted by molar-refractivity contribution is 7.16. The van der Waals surface area contributed by atoms with E-state index in [2.05, 4.69) is 10.3 Å². The molecule has 0 bridgehead atoms. The minimum absolute atomic E-state index is 0.176. The molecule has 0 spiro atoms. The molecule has 1 heterocycles. The Hall–Kier alpha value is -2.71. The molecule has 0 aliphatic carbocycles. The van der Waals surface area contributed by atoms with Crippen LogP contribution in [0.25, 0.3) is 10.2 Å². The van der Waals surface area contributed by atoms with Gasteiger partial charge in [0, 0.05) is 11.3 Å². The second kappa shape index (κ2) is 5.11. The summed E-state index contributed by atoms with van der Waals surface area (Å²) in [4.78, 5) is 16.3. The molecule has 0 aliphatic rings. The zero-order valence-corrected chi connectivity index (χ0v) is 11.1. The smallest absolute Gasteiger partial charge is 0.255 e. The molecule has 96 valence electrons. The number of hydrogen-bond donors (Lipinski definition) is 1. The van der Waals surface area contributed by atoms with Crippen LogP contribution in [0.5, 0.6) is 0 Å². The molecule has 3 aromatic rings. The van der Waals surface area contributed by atoms with Crippen LogP contribution in [0.4, 0.5) is 5.69 Å². The summed E-state index contributed by atoms with van der Waals surface area (Å²) in [6, 6.07) is 14.2. The van der Waals surface area contributed by atoms with E-state index in [-0.39, 0.29) is 5.91 Å². The van der Waals surface area contributed by atoms with Gasteiger partial charge in [0.2, 0.25) is 0 Å². The summed E-state index contributed by atoms with van der Waals surface area (Å²) in [5, 5.41) is 11.5. The summed E-state index contributed by atoms with van der Waals surface area (Å²) in [6.07, 6.45) is 0. The van der Waals surface area contributed by atoms with Gasteiger partial charge in [-0.05, 0) is 42.5 Å². The largest absolute Gasteiger partial charge is 0.322 e. The van der Waals surface area contributed by atoms with E-state index in [4.69, 9.17) is 5.26 Å². The topological polar surface area (TPSA) is 65.8 Å². The molecule has 0 atom stereocenters. The predicted octanol–water partition coefficient (Wildman–Crippen LogP) is 3.42. The van der Waals surface area contributed by atoms with Gasteiger partial charge in [0.05, 0.1) is 27.4 Å². The van der Waals surface area contributed by atoms with Crippen molar-refractivity contribution in [3.8, 4) is 6.07 Å². The molecule has 0 radical (unpaired) electrons. The Kier molecular flexibility index (Phi) is 3.15. The number of benzene rings is 2. The van der Waals surface area contributed by atoms with Crippen molar-refractivity contribution in [3.63, 3.8) is 0 Å². The van der Waals surface area contributed by atoms with Crippen LogP contribution in [-0.4, -0.2) is 10.9 Å². The Morgan fingerprint density at radius 1 is 1.20 bits per heavy atom. The first-order valence-electron chi connectivity index (χ1n) is 5.91. The number of nitrogens with one attached hydrogen (secondary N) is 1. The van der Waals surface area contributed by atoms with Crippen LogP contribution in [0.15, 0.2) is 48.0 Å². The van der Waals surface area contributed by atoms with Crippen LogP contribution < -0.4 is 5.32 Å². The standard InChI is InChI=1S/C15H9N3OS/c16-8-10-1-4-12(5-2-10)18-15(19)11-3-6-13-14(7-11)20-9-17-13/h1-7,9H,(H,18,19). The first kappa shape index (κ1) is 12.3. The molecule has 5 heteroatoms. The molecule has 20 heavy (non-hydrogen) atoms. The van der Waals surface area contributed by atoms with Crippen LogP contribution in [0.1, 0.15) is 15.9 Å². The monoisotopic (exact) mass is 279 g/mol. The second-order valence-electron chi connectivity index (χ2n) is 4.18. The molecule has 0 saturated heterocycles. The third-order valence-corrected chi connectivity index (χ3v) is 3.66. The average Bonchev–Trinajstić information content (AvgIpc) is 2.95. The number of carbonyl (C=O) groups is 1. The highest BCUT2D eigenvalue weighted by Gasteiger charge is 2.08. The lowest BCUT2D eigenvalue weighted by molar-refractivity contribution is 0.102. The molecule has 0 aliphatic heterocycles. The van der Waals surface area contributed by atoms with Gasteiger partial charge in [-0.25, -0.2) is 4.98 Å². The van der Waals surface area contributed by atoms with E-state index < -0.39 is 0 Å². The molecular weight excluding hydrogens is 270 g/mol. The van der Waals surface area contributed by atoms with Crippen molar-refractivity contribution >= 4 is 33.1 Å². The van der Waals surface area contributed by atoms with Crippen molar-refractivity contribution in [3.05, 3.63) is 59.1 Å². The summed E-state index contributed by atoms with van der Waals surface area (Å²) < 4.78 is 0.984. The van der Waals surface area contributed by atoms with Crippen LogP contribution in [0, 0.1) is 11.3 Å². The fraction of sp³-hybridized carbons (Fsp3) is 0. The van der Waals surface area contributed by atoms with Crippen molar-refractivity contribution in [2.24, 2.45) is 0 Å². The average molecular weight is 279 g/mol. The number of nitrogens with zero attached hydrogens (tertiary/aromatic N) is 2. The number of carbonyl (C=O) groups excluding carboxylic acids is 1. The number of rotatable bonds is 2. The second-order valence-corrected chi connectivity index (χ2v) is 5.06. The maximum atomic E-state index is 12.1. The van der Waals surface area contributed by atoms with Gasteiger partial charge in [-0.3, -0.25) is 4.79 Å². The number of amides is 1. The number of hydrogen-bond acceptors (Lipinski definition) is 4. The minimum atomic E-state index is -0.176. The van der Waals surface area contributed by atoms with Gasteiger partial charge in [-0.15, -0.1) is 11.3 Å². The highest BCUT2D eigenvalue weighted by atomic mass is 32.1. The summed E-state index contributed by atoms with van der Waals surface area (Å²) in [7, 11) is 0. The zero-order chi connectivity index (χ0) is 13.9. The molecule has 0 fully saturated rings. The number of aromatic nitrogens is 1. The van der Waals surface area contributed by atoms with E-state index in [1.54, 1.807) is 35.8 Å². The van der Waals surface area contributed by atoms with Gasteiger partial charge in [0.1, 0.15) is 0 Å². The van der Waals surface area contributed by atoms with Gasteiger partial charge >= 0.3 is 0 Å². The number of thiazole rings is 1. The van der Waals surface area contributed by atoms with Crippen LogP contribution in [0.2, 0.25) is 0 Å². The van der Waals surface area contributed by atoms with E-state index in [0.29, 0.717) is 16.8 Å². The highest BCUT2D eigenvalue weighted by Crippen LogP contribution is 2.20. The van der Waals surface area contributed by atoms with E-state index in [1.807, 2.05) is 18.2 Å². The molecule has 3 rings (SSSR count). The first-order chi connectivity index (χ1) is 9.76. The molecule has 1 aromatic heterocycles. The lowest BCUT2D eigenvalue weighted by atomic mass is 10.2. The summed E-state index contributed by atoms with van der Waals surface area (Å²) in [5.41, 5.74) is 4.47. The third-order valence-electron chi connectivity index (χ3n) is 2.87. The SMILES string of the molecule is N#Cc1ccc(NC(=O)c2ccc3ncsc3c2)cc1. The molecule has 1 N–H and O–H groups in total. The van der Waals surface area contributed by atoms with Crippen LogP contribution in [-0.2, 0) is 0 Å². The quantitative estimate of drug-likeness (QED) is 0.781. The molecule has 4 nitrogen and oxygen atoms in total. The third kappa shape index (κ3) is 2.37. The summed E-state index contributed by atoms with van der Waals surface area (Å²) in [6.45, 7) is 0. The Morgan fingerprint density at radius 3 is 2.75 bits per heavy atom. The van der Waals surface area contributed by atoms with Crippen molar-refractivity contribution in [1.29, 1.82) is 5.26 Å². The first-order valence-corrected chi connectivity index (χ1v) is 6.79. The maximum absolute atomic E-state index is 12.1. The molecule has 0 saturated carbocycles. The van der Waals surface area contributed by atoms with E-state index >= 15 is 0 Å². The van der Waals surface area contributed by atoms with Gasteiger partial charge in [-0.1, -0.05) is 0 Å². The van der Waals surface area contributed by atoms with E-state index in [0.717, 1.165) is 10.2 Å².